The van der Waals surface area contributed by atoms with Crippen LogP contribution in [0.3, 0.4) is 0 Å². The zero-order valence-corrected chi connectivity index (χ0v) is 14.3. The predicted octanol–water partition coefficient (Wildman–Crippen LogP) is 6.65. The molecule has 0 saturated heterocycles. The van der Waals surface area contributed by atoms with Gasteiger partial charge in [0.05, 0.1) is 5.92 Å². The van der Waals surface area contributed by atoms with Crippen molar-refractivity contribution < 1.29 is 0 Å². The van der Waals surface area contributed by atoms with Crippen molar-refractivity contribution >= 4 is 45.6 Å². The van der Waals surface area contributed by atoms with Crippen LogP contribution in [0.15, 0.2) is 66.7 Å². The number of alkyl halides is 3. The summed E-state index contributed by atoms with van der Waals surface area (Å²) in [5.41, 5.74) is 3.19. The standard InChI is InChI=1S/C19H15Cl3/c1-13-7-2-4-10-15(13)18(19(20,21)22)17-12-6-9-14-8-3-5-11-16(14)17/h2-12,18H,1H3. The zero-order chi connectivity index (χ0) is 15.7. The van der Waals surface area contributed by atoms with E-state index >= 15 is 0 Å². The van der Waals surface area contributed by atoms with E-state index in [4.69, 9.17) is 34.8 Å². The first kappa shape index (κ1) is 15.7. The molecule has 3 rings (SSSR count). The largest absolute Gasteiger partial charge is 0.201 e. The lowest BCUT2D eigenvalue weighted by atomic mass is 9.86. The molecule has 1 unspecified atom stereocenters. The molecule has 0 aromatic heterocycles. The minimum absolute atomic E-state index is 0.315. The highest BCUT2D eigenvalue weighted by molar-refractivity contribution is 6.68. The Labute approximate surface area is 145 Å². The molecule has 112 valence electrons. The summed E-state index contributed by atoms with van der Waals surface area (Å²) >= 11 is 19.1. The summed E-state index contributed by atoms with van der Waals surface area (Å²) in [5, 5.41) is 2.26. The molecule has 0 nitrogen and oxygen atoms in total. The van der Waals surface area contributed by atoms with E-state index in [1.807, 2.05) is 55.5 Å². The van der Waals surface area contributed by atoms with Gasteiger partial charge in [0.2, 0.25) is 3.79 Å². The molecule has 1 atom stereocenters. The Morgan fingerprint density at radius 3 is 2.05 bits per heavy atom. The van der Waals surface area contributed by atoms with Gasteiger partial charge in [-0.25, -0.2) is 0 Å². The van der Waals surface area contributed by atoms with Crippen molar-refractivity contribution in [1.29, 1.82) is 0 Å². The van der Waals surface area contributed by atoms with Crippen LogP contribution in [-0.4, -0.2) is 3.79 Å². The molecule has 0 heterocycles. The maximum atomic E-state index is 6.37. The maximum Gasteiger partial charge on any atom is 0.201 e. The Morgan fingerprint density at radius 2 is 1.32 bits per heavy atom. The number of hydrogen-bond acceptors (Lipinski definition) is 0. The lowest BCUT2D eigenvalue weighted by Gasteiger charge is -2.28. The van der Waals surface area contributed by atoms with Gasteiger partial charge in [0.15, 0.2) is 0 Å². The molecule has 3 aromatic rings. The average molecular weight is 350 g/mol. The second-order valence-corrected chi connectivity index (χ2v) is 7.77. The van der Waals surface area contributed by atoms with Gasteiger partial charge in [-0.1, -0.05) is 102 Å². The Kier molecular flexibility index (Phi) is 4.36. The zero-order valence-electron chi connectivity index (χ0n) is 12.1. The highest BCUT2D eigenvalue weighted by Gasteiger charge is 2.36. The van der Waals surface area contributed by atoms with Crippen LogP contribution in [-0.2, 0) is 0 Å². The minimum Gasteiger partial charge on any atom is -0.0826 e. The Bertz CT molecular complexity index is 798. The molecule has 3 heteroatoms. The number of aryl methyl sites for hydroxylation is 1. The smallest absolute Gasteiger partial charge is 0.0826 e. The summed E-state index contributed by atoms with van der Waals surface area (Å²) in [6.45, 7) is 2.05. The van der Waals surface area contributed by atoms with Crippen LogP contribution in [0, 0.1) is 6.92 Å². The van der Waals surface area contributed by atoms with Crippen molar-refractivity contribution in [2.75, 3.05) is 0 Å². The monoisotopic (exact) mass is 348 g/mol. The highest BCUT2D eigenvalue weighted by atomic mass is 35.6. The van der Waals surface area contributed by atoms with E-state index < -0.39 is 3.79 Å². The average Bonchev–Trinajstić information content (AvgIpc) is 2.48. The number of halogens is 3. The van der Waals surface area contributed by atoms with E-state index in [-0.39, 0.29) is 5.92 Å². The van der Waals surface area contributed by atoms with Gasteiger partial charge in [0.1, 0.15) is 0 Å². The highest BCUT2D eigenvalue weighted by Crippen LogP contribution is 2.48. The molecule has 3 aromatic carbocycles. The van der Waals surface area contributed by atoms with Crippen LogP contribution in [0.2, 0.25) is 0 Å². The van der Waals surface area contributed by atoms with Gasteiger partial charge >= 0.3 is 0 Å². The van der Waals surface area contributed by atoms with E-state index in [1.54, 1.807) is 0 Å². The van der Waals surface area contributed by atoms with Crippen molar-refractivity contribution in [3.8, 4) is 0 Å². The van der Waals surface area contributed by atoms with Crippen LogP contribution in [0.4, 0.5) is 0 Å². The molecule has 0 aliphatic carbocycles. The normalized spacial score (nSPS) is 13.3. The summed E-state index contributed by atoms with van der Waals surface area (Å²) in [5.74, 6) is -0.315. The minimum atomic E-state index is -1.42. The number of fused-ring (bicyclic) bond motifs is 1. The Balaban J connectivity index is 2.29. The van der Waals surface area contributed by atoms with Crippen LogP contribution in [0.1, 0.15) is 22.6 Å². The first-order valence-electron chi connectivity index (χ1n) is 7.08. The van der Waals surface area contributed by atoms with E-state index in [0.717, 1.165) is 27.5 Å². The number of rotatable bonds is 2. The molecule has 0 spiro atoms. The summed E-state index contributed by atoms with van der Waals surface area (Å²) in [6.07, 6.45) is 0. The molecule has 0 amide bonds. The molecule has 0 bridgehead atoms. The van der Waals surface area contributed by atoms with Gasteiger partial charge in [0.25, 0.3) is 0 Å². The van der Waals surface area contributed by atoms with E-state index in [1.165, 1.54) is 0 Å². The molecular weight excluding hydrogens is 335 g/mol. The second kappa shape index (κ2) is 6.12. The second-order valence-electron chi connectivity index (χ2n) is 5.40. The quantitative estimate of drug-likeness (QED) is 0.454. The third kappa shape index (κ3) is 2.96. The Morgan fingerprint density at radius 1 is 0.727 bits per heavy atom. The first-order valence-corrected chi connectivity index (χ1v) is 8.22. The Hall–Kier alpha value is -1.21. The van der Waals surface area contributed by atoms with Crippen molar-refractivity contribution in [1.82, 2.24) is 0 Å². The fourth-order valence-corrected chi connectivity index (χ4v) is 3.64. The predicted molar refractivity (Wildman–Crippen MR) is 97.3 cm³/mol. The fraction of sp³-hybridized carbons (Fsp3) is 0.158. The third-order valence-corrected chi connectivity index (χ3v) is 4.62. The van der Waals surface area contributed by atoms with Gasteiger partial charge in [-0.15, -0.1) is 0 Å². The summed E-state index contributed by atoms with van der Waals surface area (Å²) < 4.78 is -1.42. The van der Waals surface area contributed by atoms with Gasteiger partial charge in [-0.05, 0) is 34.4 Å². The van der Waals surface area contributed by atoms with Crippen molar-refractivity contribution in [2.45, 2.75) is 16.6 Å². The maximum absolute atomic E-state index is 6.37. The van der Waals surface area contributed by atoms with Gasteiger partial charge in [-0.2, -0.15) is 0 Å². The van der Waals surface area contributed by atoms with E-state index in [9.17, 15) is 0 Å². The van der Waals surface area contributed by atoms with Crippen LogP contribution >= 0.6 is 34.8 Å². The molecule has 0 aliphatic heterocycles. The summed E-state index contributed by atoms with van der Waals surface area (Å²) in [4.78, 5) is 0. The fourth-order valence-electron chi connectivity index (χ4n) is 2.93. The number of benzene rings is 3. The molecular formula is C19H15Cl3. The number of hydrogen-bond donors (Lipinski definition) is 0. The molecule has 0 radical (unpaired) electrons. The molecule has 0 aliphatic rings. The molecule has 0 fully saturated rings. The third-order valence-electron chi connectivity index (χ3n) is 3.96. The lowest BCUT2D eigenvalue weighted by molar-refractivity contribution is 0.839. The van der Waals surface area contributed by atoms with Crippen molar-refractivity contribution in [3.05, 3.63) is 83.4 Å². The summed E-state index contributed by atoms with van der Waals surface area (Å²) in [7, 11) is 0. The lowest BCUT2D eigenvalue weighted by Crippen LogP contribution is -2.19. The summed E-state index contributed by atoms with van der Waals surface area (Å²) in [6, 6.07) is 22.4. The van der Waals surface area contributed by atoms with E-state index in [0.29, 0.717) is 0 Å². The first-order chi connectivity index (χ1) is 10.5. The topological polar surface area (TPSA) is 0 Å². The van der Waals surface area contributed by atoms with E-state index in [2.05, 4.69) is 18.2 Å². The molecule has 0 saturated carbocycles. The van der Waals surface area contributed by atoms with Crippen molar-refractivity contribution in [2.24, 2.45) is 0 Å². The van der Waals surface area contributed by atoms with Gasteiger partial charge in [-0.3, -0.25) is 0 Å². The molecule has 22 heavy (non-hydrogen) atoms. The van der Waals surface area contributed by atoms with Crippen LogP contribution in [0.25, 0.3) is 10.8 Å². The van der Waals surface area contributed by atoms with Crippen molar-refractivity contribution in [3.63, 3.8) is 0 Å². The van der Waals surface area contributed by atoms with Gasteiger partial charge < -0.3 is 0 Å². The van der Waals surface area contributed by atoms with Crippen LogP contribution < -0.4 is 0 Å². The SMILES string of the molecule is Cc1ccccc1C(c1cccc2ccccc12)C(Cl)(Cl)Cl. The van der Waals surface area contributed by atoms with Crippen LogP contribution in [0.5, 0.6) is 0 Å². The molecule has 0 N–H and O–H groups in total. The van der Waals surface area contributed by atoms with Gasteiger partial charge in [0, 0.05) is 0 Å².